The molecule has 0 spiro atoms. The first kappa shape index (κ1) is 18.4. The van der Waals surface area contributed by atoms with Crippen LogP contribution in [0, 0.1) is 6.92 Å². The number of aryl methyl sites for hydroxylation is 1. The highest BCUT2D eigenvalue weighted by Crippen LogP contribution is 2.24. The fourth-order valence-electron chi connectivity index (χ4n) is 3.08. The molecule has 2 aromatic rings. The first-order valence-corrected chi connectivity index (χ1v) is 8.88. The molecule has 140 valence electrons. The van der Waals surface area contributed by atoms with Gasteiger partial charge < -0.3 is 19.7 Å². The van der Waals surface area contributed by atoms with E-state index in [1.165, 1.54) is 0 Å². The van der Waals surface area contributed by atoms with E-state index in [0.717, 1.165) is 18.7 Å². The van der Waals surface area contributed by atoms with Gasteiger partial charge in [-0.25, -0.2) is 0 Å². The van der Waals surface area contributed by atoms with Crippen LogP contribution in [-0.2, 0) is 4.79 Å². The van der Waals surface area contributed by atoms with E-state index < -0.39 is 5.60 Å². The number of hydrogen-bond donors (Lipinski definition) is 2. The van der Waals surface area contributed by atoms with Crippen molar-refractivity contribution < 1.29 is 19.2 Å². The molecule has 3 rings (SSSR count). The molecule has 0 aliphatic carbocycles. The molecule has 1 aromatic carbocycles. The number of aromatic nitrogens is 1. The zero-order chi connectivity index (χ0) is 18.4. The molecule has 1 aliphatic heterocycles. The highest BCUT2D eigenvalue weighted by Gasteiger charge is 2.31. The van der Waals surface area contributed by atoms with Crippen molar-refractivity contribution in [3.05, 3.63) is 42.2 Å². The molecule has 1 aliphatic rings. The summed E-state index contributed by atoms with van der Waals surface area (Å²) in [6.45, 7) is 3.70. The topological polar surface area (TPSA) is 87.8 Å². The van der Waals surface area contributed by atoms with E-state index in [1.807, 2.05) is 35.2 Å². The van der Waals surface area contributed by atoms with Crippen LogP contribution in [-0.4, -0.2) is 52.9 Å². The number of rotatable bonds is 6. The Labute approximate surface area is 152 Å². The number of likely N-dealkylation sites (tertiary alicyclic amines) is 1. The van der Waals surface area contributed by atoms with E-state index in [2.05, 4.69) is 10.5 Å². The van der Waals surface area contributed by atoms with Crippen LogP contribution >= 0.6 is 0 Å². The first-order valence-electron chi connectivity index (χ1n) is 8.88. The quantitative estimate of drug-likeness (QED) is 0.822. The second kappa shape index (κ2) is 8.33. The largest absolute Gasteiger partial charge is 0.491 e. The van der Waals surface area contributed by atoms with E-state index in [0.29, 0.717) is 31.0 Å². The molecule has 7 nitrogen and oxygen atoms in total. The van der Waals surface area contributed by atoms with Gasteiger partial charge in [-0.15, -0.1) is 0 Å². The van der Waals surface area contributed by atoms with Gasteiger partial charge in [-0.3, -0.25) is 9.69 Å². The van der Waals surface area contributed by atoms with Gasteiger partial charge in [0.2, 0.25) is 5.91 Å². The van der Waals surface area contributed by atoms with Crippen molar-refractivity contribution in [1.29, 1.82) is 0 Å². The zero-order valence-electron chi connectivity index (χ0n) is 15.0. The van der Waals surface area contributed by atoms with Crippen molar-refractivity contribution in [2.45, 2.75) is 31.8 Å². The number of para-hydroxylation sites is 1. The molecule has 0 bridgehead atoms. The molecule has 26 heavy (non-hydrogen) atoms. The Balaban J connectivity index is 1.47. The predicted molar refractivity (Wildman–Crippen MR) is 97.0 cm³/mol. The van der Waals surface area contributed by atoms with E-state index in [9.17, 15) is 9.90 Å². The summed E-state index contributed by atoms with van der Waals surface area (Å²) in [4.78, 5) is 14.2. The van der Waals surface area contributed by atoms with Crippen LogP contribution in [0.4, 0.5) is 5.82 Å². The van der Waals surface area contributed by atoms with E-state index >= 15 is 0 Å². The number of ether oxygens (including phenoxy) is 1. The average Bonchev–Trinajstić information content (AvgIpc) is 2.94. The van der Waals surface area contributed by atoms with Gasteiger partial charge in [0.25, 0.3) is 0 Å². The molecular weight excluding hydrogens is 334 g/mol. The lowest BCUT2D eigenvalue weighted by molar-refractivity contribution is -0.117. The highest BCUT2D eigenvalue weighted by atomic mass is 16.5. The molecule has 1 saturated heterocycles. The van der Waals surface area contributed by atoms with Gasteiger partial charge in [-0.2, -0.15) is 0 Å². The van der Waals surface area contributed by atoms with Crippen LogP contribution < -0.4 is 10.1 Å². The lowest BCUT2D eigenvalue weighted by atomic mass is 9.96. The summed E-state index contributed by atoms with van der Waals surface area (Å²) in [7, 11) is 0. The predicted octanol–water partition coefficient (Wildman–Crippen LogP) is 2.22. The summed E-state index contributed by atoms with van der Waals surface area (Å²) in [6, 6.07) is 11.2. The first-order chi connectivity index (χ1) is 12.5. The maximum Gasteiger partial charge on any atom is 0.239 e. The normalized spacial score (nSPS) is 21.2. The number of nitrogens with one attached hydrogen (secondary N) is 1. The maximum atomic E-state index is 12.2. The van der Waals surface area contributed by atoms with Crippen LogP contribution in [0.25, 0.3) is 0 Å². The van der Waals surface area contributed by atoms with Crippen LogP contribution in [0.15, 0.2) is 40.9 Å². The van der Waals surface area contributed by atoms with Gasteiger partial charge in [0, 0.05) is 12.6 Å². The number of nitrogens with zero attached hydrogens (tertiary/aromatic N) is 2. The molecule has 1 amide bonds. The minimum absolute atomic E-state index is 0.135. The molecule has 2 heterocycles. The lowest BCUT2D eigenvalue weighted by Gasteiger charge is -2.26. The van der Waals surface area contributed by atoms with Crippen molar-refractivity contribution in [2.75, 3.05) is 31.6 Å². The Kier molecular flexibility index (Phi) is 5.90. The smallest absolute Gasteiger partial charge is 0.239 e. The maximum absolute atomic E-state index is 12.2. The zero-order valence-corrected chi connectivity index (χ0v) is 15.0. The number of benzene rings is 1. The van der Waals surface area contributed by atoms with Crippen LogP contribution in [0.3, 0.4) is 0 Å². The number of hydrogen-bond acceptors (Lipinski definition) is 6. The van der Waals surface area contributed by atoms with Crippen LogP contribution in [0.2, 0.25) is 0 Å². The summed E-state index contributed by atoms with van der Waals surface area (Å²) in [5, 5.41) is 17.3. The molecule has 0 saturated carbocycles. The summed E-state index contributed by atoms with van der Waals surface area (Å²) in [5.41, 5.74) is -0.871. The van der Waals surface area contributed by atoms with Gasteiger partial charge in [-0.05, 0) is 44.9 Å². The van der Waals surface area contributed by atoms with Crippen molar-refractivity contribution >= 4 is 11.7 Å². The standard InChI is InChI=1S/C19H25N3O4/c1-15-12-17(21-26-15)20-18(23)13-22-10-5-8-19(24,9-11-22)14-25-16-6-3-2-4-7-16/h2-4,6-7,12,24H,5,8-11,13-14H2,1H3,(H,20,21,23). The van der Waals surface area contributed by atoms with E-state index in [-0.39, 0.29) is 19.1 Å². The third-order valence-corrected chi connectivity index (χ3v) is 4.52. The van der Waals surface area contributed by atoms with Crippen LogP contribution in [0.1, 0.15) is 25.0 Å². The molecule has 0 radical (unpaired) electrons. The SMILES string of the molecule is Cc1cc(NC(=O)CN2CCCC(O)(COc3ccccc3)CC2)no1. The fourth-order valence-corrected chi connectivity index (χ4v) is 3.08. The van der Waals surface area contributed by atoms with Gasteiger partial charge >= 0.3 is 0 Å². The summed E-state index contributed by atoms with van der Waals surface area (Å²) < 4.78 is 10.7. The van der Waals surface area contributed by atoms with Gasteiger partial charge in [-0.1, -0.05) is 23.4 Å². The monoisotopic (exact) mass is 359 g/mol. The minimum Gasteiger partial charge on any atom is -0.491 e. The van der Waals surface area contributed by atoms with Gasteiger partial charge in [0.1, 0.15) is 18.1 Å². The number of aliphatic hydroxyl groups is 1. The van der Waals surface area contributed by atoms with Crippen molar-refractivity contribution in [3.63, 3.8) is 0 Å². The minimum atomic E-state index is -0.871. The number of carbonyl (C=O) groups excluding carboxylic acids is 1. The third kappa shape index (κ3) is 5.31. The summed E-state index contributed by atoms with van der Waals surface area (Å²) in [5.74, 6) is 1.70. The fraction of sp³-hybridized carbons (Fsp3) is 0.474. The number of anilines is 1. The Morgan fingerprint density at radius 2 is 2.15 bits per heavy atom. The Bertz CT molecular complexity index is 719. The molecule has 1 atom stereocenters. The second-order valence-corrected chi connectivity index (χ2v) is 6.83. The summed E-state index contributed by atoms with van der Waals surface area (Å²) >= 11 is 0. The van der Waals surface area contributed by atoms with Crippen LogP contribution in [0.5, 0.6) is 5.75 Å². The van der Waals surface area contributed by atoms with Crippen molar-refractivity contribution in [3.8, 4) is 5.75 Å². The van der Waals surface area contributed by atoms with E-state index in [4.69, 9.17) is 9.26 Å². The summed E-state index contributed by atoms with van der Waals surface area (Å²) in [6.07, 6.45) is 2.03. The van der Waals surface area contributed by atoms with Crippen molar-refractivity contribution in [1.82, 2.24) is 10.1 Å². The van der Waals surface area contributed by atoms with Gasteiger partial charge in [0.15, 0.2) is 5.82 Å². The molecule has 1 unspecified atom stereocenters. The molecular formula is C19H25N3O4. The Hall–Kier alpha value is -2.38. The average molecular weight is 359 g/mol. The Morgan fingerprint density at radius 3 is 2.88 bits per heavy atom. The number of carbonyl (C=O) groups is 1. The molecule has 7 heteroatoms. The lowest BCUT2D eigenvalue weighted by Crippen LogP contribution is -2.38. The Morgan fingerprint density at radius 1 is 1.35 bits per heavy atom. The second-order valence-electron chi connectivity index (χ2n) is 6.83. The third-order valence-electron chi connectivity index (χ3n) is 4.52. The molecule has 1 fully saturated rings. The molecule has 1 aromatic heterocycles. The number of amides is 1. The van der Waals surface area contributed by atoms with E-state index in [1.54, 1.807) is 13.0 Å². The highest BCUT2D eigenvalue weighted by molar-refractivity contribution is 5.91. The van der Waals surface area contributed by atoms with Crippen molar-refractivity contribution in [2.24, 2.45) is 0 Å². The van der Waals surface area contributed by atoms with Gasteiger partial charge in [0.05, 0.1) is 12.1 Å². The molecule has 2 N–H and O–H groups in total.